The average molecular weight is 259 g/mol. The fourth-order valence-corrected chi connectivity index (χ4v) is 2.56. The van der Waals surface area contributed by atoms with Crippen LogP contribution in [-0.4, -0.2) is 28.1 Å². The van der Waals surface area contributed by atoms with E-state index >= 15 is 0 Å². The molecule has 2 aromatic rings. The summed E-state index contributed by atoms with van der Waals surface area (Å²) in [6.07, 6.45) is 3.87. The van der Waals surface area contributed by atoms with Crippen LogP contribution in [0.3, 0.4) is 0 Å². The van der Waals surface area contributed by atoms with Crippen LogP contribution in [-0.2, 0) is 0 Å². The van der Waals surface area contributed by atoms with Crippen LogP contribution in [0.15, 0.2) is 24.4 Å². The highest BCUT2D eigenvalue weighted by molar-refractivity contribution is 5.97. The van der Waals surface area contributed by atoms with E-state index in [1.807, 2.05) is 6.07 Å². The molecule has 1 fully saturated rings. The first-order valence-corrected chi connectivity index (χ1v) is 6.18. The Hall–Kier alpha value is -2.37. The Morgan fingerprint density at radius 3 is 2.68 bits per heavy atom. The average Bonchev–Trinajstić information content (AvgIpc) is 2.92. The zero-order valence-electron chi connectivity index (χ0n) is 10.2. The fraction of sp³-hybridized carbons (Fsp3) is 0.308. The van der Waals surface area contributed by atoms with E-state index in [1.165, 1.54) is 6.07 Å². The number of benzene rings is 1. The molecule has 0 bridgehead atoms. The number of aromatic hydroxyl groups is 1. The van der Waals surface area contributed by atoms with Crippen LogP contribution in [0.4, 0.5) is 11.4 Å². The lowest BCUT2D eigenvalue weighted by Gasteiger charge is -2.19. The van der Waals surface area contributed by atoms with Gasteiger partial charge in [0.2, 0.25) is 5.75 Å². The molecule has 0 amide bonds. The molecule has 0 unspecified atom stereocenters. The third-order valence-electron chi connectivity index (χ3n) is 3.49. The molecule has 19 heavy (non-hydrogen) atoms. The van der Waals surface area contributed by atoms with Gasteiger partial charge in [-0.3, -0.25) is 15.1 Å². The Morgan fingerprint density at radius 1 is 1.26 bits per heavy atom. The van der Waals surface area contributed by atoms with Gasteiger partial charge in [-0.05, 0) is 25.0 Å². The zero-order valence-corrected chi connectivity index (χ0v) is 10.2. The topological polar surface area (TPSA) is 79.5 Å². The Labute approximate surface area is 109 Å². The third kappa shape index (κ3) is 1.85. The summed E-state index contributed by atoms with van der Waals surface area (Å²) in [5.41, 5.74) is 0.963. The zero-order chi connectivity index (χ0) is 13.4. The largest absolute Gasteiger partial charge is 0.501 e. The minimum absolute atomic E-state index is 0.290. The Morgan fingerprint density at radius 2 is 2.00 bits per heavy atom. The molecule has 1 aromatic carbocycles. The molecule has 0 atom stereocenters. The molecule has 0 saturated carbocycles. The van der Waals surface area contributed by atoms with Crippen molar-refractivity contribution in [1.82, 2.24) is 4.98 Å². The summed E-state index contributed by atoms with van der Waals surface area (Å²) < 4.78 is 0. The molecule has 6 heteroatoms. The van der Waals surface area contributed by atoms with Gasteiger partial charge in [-0.1, -0.05) is 0 Å². The summed E-state index contributed by atoms with van der Waals surface area (Å²) in [4.78, 5) is 16.5. The number of nitro benzene ring substituents is 1. The summed E-state index contributed by atoms with van der Waals surface area (Å²) in [7, 11) is 0. The van der Waals surface area contributed by atoms with Crippen LogP contribution in [0.25, 0.3) is 10.9 Å². The molecule has 3 rings (SSSR count). The standard InChI is InChI=1S/C13H13N3O3/c17-13-11(16(18)19)4-3-9-10(5-6-14-12(9)13)15-7-1-2-8-15/h3-6,17H,1-2,7-8H2. The SMILES string of the molecule is O=[N+]([O-])c1ccc2c(N3CCCC3)ccnc2c1O. The maximum atomic E-state index is 10.8. The van der Waals surface area contributed by atoms with Crippen molar-refractivity contribution in [2.24, 2.45) is 0 Å². The lowest BCUT2D eigenvalue weighted by Crippen LogP contribution is -2.17. The minimum atomic E-state index is -0.598. The molecule has 6 nitrogen and oxygen atoms in total. The van der Waals surface area contributed by atoms with E-state index in [4.69, 9.17) is 0 Å². The Kier molecular flexibility index (Phi) is 2.70. The maximum absolute atomic E-state index is 10.8. The lowest BCUT2D eigenvalue weighted by atomic mass is 10.1. The van der Waals surface area contributed by atoms with Crippen molar-refractivity contribution in [1.29, 1.82) is 0 Å². The minimum Gasteiger partial charge on any atom is -0.501 e. The number of nitro groups is 1. The van der Waals surface area contributed by atoms with Gasteiger partial charge in [-0.15, -0.1) is 0 Å². The molecule has 1 saturated heterocycles. The van der Waals surface area contributed by atoms with E-state index in [1.54, 1.807) is 12.3 Å². The van der Waals surface area contributed by atoms with Crippen LogP contribution in [0.5, 0.6) is 5.75 Å². The molecule has 98 valence electrons. The molecular formula is C13H13N3O3. The molecule has 2 heterocycles. The number of fused-ring (bicyclic) bond motifs is 1. The number of anilines is 1. The number of hydrogen-bond donors (Lipinski definition) is 1. The summed E-state index contributed by atoms with van der Waals surface area (Å²) in [6.45, 7) is 1.94. The Balaban J connectivity index is 2.21. The van der Waals surface area contributed by atoms with Gasteiger partial charge in [-0.2, -0.15) is 0 Å². The van der Waals surface area contributed by atoms with Crippen molar-refractivity contribution in [3.05, 3.63) is 34.5 Å². The number of nitrogens with zero attached hydrogens (tertiary/aromatic N) is 3. The molecule has 1 aliphatic heterocycles. The van der Waals surface area contributed by atoms with Gasteiger partial charge in [0.25, 0.3) is 0 Å². The fourth-order valence-electron chi connectivity index (χ4n) is 2.56. The van der Waals surface area contributed by atoms with Crippen molar-refractivity contribution < 1.29 is 10.0 Å². The lowest BCUT2D eigenvalue weighted by molar-refractivity contribution is -0.385. The molecule has 0 aliphatic carbocycles. The molecule has 1 aliphatic rings. The number of pyridine rings is 1. The second-order valence-corrected chi connectivity index (χ2v) is 4.61. The van der Waals surface area contributed by atoms with Crippen LogP contribution in [0, 0.1) is 10.1 Å². The van der Waals surface area contributed by atoms with Crippen molar-refractivity contribution in [3.63, 3.8) is 0 Å². The van der Waals surface area contributed by atoms with E-state index in [2.05, 4.69) is 9.88 Å². The number of rotatable bonds is 2. The predicted octanol–water partition coefficient (Wildman–Crippen LogP) is 2.45. The van der Waals surface area contributed by atoms with Crippen molar-refractivity contribution in [2.45, 2.75) is 12.8 Å². The van der Waals surface area contributed by atoms with E-state index in [9.17, 15) is 15.2 Å². The van der Waals surface area contributed by atoms with Gasteiger partial charge < -0.3 is 10.0 Å². The van der Waals surface area contributed by atoms with Crippen molar-refractivity contribution in [3.8, 4) is 5.75 Å². The third-order valence-corrected chi connectivity index (χ3v) is 3.49. The van der Waals surface area contributed by atoms with Gasteiger partial charge in [-0.25, -0.2) is 0 Å². The number of aromatic nitrogens is 1. The monoisotopic (exact) mass is 259 g/mol. The van der Waals surface area contributed by atoms with E-state index in [-0.39, 0.29) is 11.4 Å². The van der Waals surface area contributed by atoms with Gasteiger partial charge in [0.15, 0.2) is 0 Å². The number of phenols is 1. The summed E-state index contributed by atoms with van der Waals surface area (Å²) in [5, 5.41) is 21.5. The van der Waals surface area contributed by atoms with Crippen LogP contribution in [0.2, 0.25) is 0 Å². The quantitative estimate of drug-likeness (QED) is 0.662. The highest BCUT2D eigenvalue weighted by atomic mass is 16.6. The molecule has 0 radical (unpaired) electrons. The molecule has 1 aromatic heterocycles. The second kappa shape index (κ2) is 4.38. The summed E-state index contributed by atoms with van der Waals surface area (Å²) in [5.74, 6) is -0.358. The second-order valence-electron chi connectivity index (χ2n) is 4.61. The maximum Gasteiger partial charge on any atom is 0.313 e. The predicted molar refractivity (Wildman–Crippen MR) is 71.5 cm³/mol. The number of phenolic OH excluding ortho intramolecular Hbond substituents is 1. The van der Waals surface area contributed by atoms with Crippen LogP contribution in [0.1, 0.15) is 12.8 Å². The van der Waals surface area contributed by atoms with Gasteiger partial charge >= 0.3 is 5.69 Å². The van der Waals surface area contributed by atoms with Gasteiger partial charge in [0.05, 0.1) is 4.92 Å². The summed E-state index contributed by atoms with van der Waals surface area (Å²) >= 11 is 0. The normalized spacial score (nSPS) is 15.1. The van der Waals surface area contributed by atoms with E-state index in [0.29, 0.717) is 5.52 Å². The van der Waals surface area contributed by atoms with E-state index in [0.717, 1.165) is 37.0 Å². The Bertz CT molecular complexity index is 651. The molecular weight excluding hydrogens is 246 g/mol. The smallest absolute Gasteiger partial charge is 0.313 e. The van der Waals surface area contributed by atoms with Gasteiger partial charge in [0, 0.05) is 36.4 Å². The van der Waals surface area contributed by atoms with Crippen LogP contribution < -0.4 is 4.90 Å². The highest BCUT2D eigenvalue weighted by Gasteiger charge is 2.21. The highest BCUT2D eigenvalue weighted by Crippen LogP contribution is 2.37. The molecule has 1 N–H and O–H groups in total. The first-order valence-electron chi connectivity index (χ1n) is 6.18. The van der Waals surface area contributed by atoms with Crippen molar-refractivity contribution >= 4 is 22.3 Å². The van der Waals surface area contributed by atoms with Gasteiger partial charge in [0.1, 0.15) is 5.52 Å². The first kappa shape index (κ1) is 11.7. The van der Waals surface area contributed by atoms with Crippen LogP contribution >= 0.6 is 0 Å². The van der Waals surface area contributed by atoms with E-state index < -0.39 is 4.92 Å². The first-order chi connectivity index (χ1) is 9.18. The number of hydrogen-bond acceptors (Lipinski definition) is 5. The summed E-state index contributed by atoms with van der Waals surface area (Å²) in [6, 6.07) is 4.88. The van der Waals surface area contributed by atoms with Crippen molar-refractivity contribution in [2.75, 3.05) is 18.0 Å². The molecule has 0 spiro atoms.